The second-order valence-corrected chi connectivity index (χ2v) is 15.3. The number of anilines is 2. The van der Waals surface area contributed by atoms with Gasteiger partial charge in [0.05, 0.1) is 51.6 Å². The molecule has 14 heteroatoms. The number of benzene rings is 4. The number of phenols is 1. The lowest BCUT2D eigenvalue weighted by Gasteiger charge is -2.50. The molecule has 2 saturated heterocycles. The first-order valence-electron chi connectivity index (χ1n) is 17.6. The van der Waals surface area contributed by atoms with Crippen molar-refractivity contribution in [1.29, 1.82) is 0 Å². The van der Waals surface area contributed by atoms with Gasteiger partial charge in [0.25, 0.3) is 17.5 Å². The molecule has 1 saturated carbocycles. The van der Waals surface area contributed by atoms with Gasteiger partial charge in [-0.15, -0.1) is 0 Å². The van der Waals surface area contributed by atoms with Crippen LogP contribution >= 0.6 is 23.2 Å². The van der Waals surface area contributed by atoms with Crippen molar-refractivity contribution in [2.75, 3.05) is 17.4 Å². The van der Waals surface area contributed by atoms with E-state index < -0.39 is 63.6 Å². The minimum atomic E-state index is -1.57. The summed E-state index contributed by atoms with van der Waals surface area (Å²) in [4.78, 5) is 70.9. The van der Waals surface area contributed by atoms with Crippen LogP contribution in [0.3, 0.4) is 0 Å². The molecular formula is C41H34Cl2N4O8. The third-order valence-corrected chi connectivity index (χ3v) is 12.3. The summed E-state index contributed by atoms with van der Waals surface area (Å²) in [5.74, 6) is -5.53. The summed E-state index contributed by atoms with van der Waals surface area (Å²) in [5, 5.41) is 23.8. The number of nitrogens with zero attached hydrogens (tertiary/aromatic N) is 3. The Balaban J connectivity index is 1.32. The molecule has 6 atom stereocenters. The third kappa shape index (κ3) is 5.41. The van der Waals surface area contributed by atoms with Gasteiger partial charge in [-0.05, 0) is 97.3 Å². The Bertz CT molecular complexity index is 2340. The lowest BCUT2D eigenvalue weighted by molar-refractivity contribution is -0.384. The predicted octanol–water partition coefficient (Wildman–Crippen LogP) is 7.42. The van der Waals surface area contributed by atoms with Gasteiger partial charge in [0, 0.05) is 23.1 Å². The Hall–Kier alpha value is -5.72. The molecule has 4 aliphatic rings. The van der Waals surface area contributed by atoms with Gasteiger partial charge in [-0.2, -0.15) is 5.01 Å². The molecule has 6 unspecified atom stereocenters. The van der Waals surface area contributed by atoms with Gasteiger partial charge in [0.15, 0.2) is 0 Å². The minimum Gasteiger partial charge on any atom is -0.507 e. The molecule has 3 fully saturated rings. The van der Waals surface area contributed by atoms with Crippen LogP contribution in [0.2, 0.25) is 10.0 Å². The van der Waals surface area contributed by atoms with E-state index in [9.17, 15) is 29.6 Å². The summed E-state index contributed by atoms with van der Waals surface area (Å²) >= 11 is 12.7. The van der Waals surface area contributed by atoms with E-state index in [-0.39, 0.29) is 40.7 Å². The maximum absolute atomic E-state index is 15.4. The number of hydrogen-bond donors (Lipinski definition) is 2. The summed E-state index contributed by atoms with van der Waals surface area (Å²) in [6.07, 6.45) is 2.17. The molecule has 8 rings (SSSR count). The van der Waals surface area contributed by atoms with Crippen LogP contribution in [0.5, 0.6) is 11.5 Å². The van der Waals surface area contributed by atoms with Crippen LogP contribution in [-0.2, 0) is 24.6 Å². The highest BCUT2D eigenvalue weighted by Crippen LogP contribution is 2.64. The first-order valence-corrected chi connectivity index (χ1v) is 18.4. The fourth-order valence-corrected chi connectivity index (χ4v) is 9.80. The van der Waals surface area contributed by atoms with Crippen LogP contribution in [0.25, 0.3) is 0 Å². The summed E-state index contributed by atoms with van der Waals surface area (Å²) in [6, 6.07) is 20.5. The number of halogens is 2. The van der Waals surface area contributed by atoms with E-state index in [0.717, 1.165) is 15.5 Å². The SMILES string of the molecule is COc1ccc(C23C(=O)N(Nc4ccc(Cl)cc4Cl)C(=O)C2CC2C(=CCC4C(=O)N(c5ccc([N+](=O)[O-])cc5)C(=O)C42)C3c2cc(C)c(O)c(C)c2)cc1. The number of hydrogen-bond acceptors (Lipinski definition) is 9. The van der Waals surface area contributed by atoms with Crippen LogP contribution in [0.4, 0.5) is 17.1 Å². The Morgan fingerprint density at radius 1 is 0.891 bits per heavy atom. The van der Waals surface area contributed by atoms with Crippen LogP contribution in [0, 0.1) is 47.6 Å². The number of allylic oxidation sites excluding steroid dienone is 2. The molecule has 2 heterocycles. The van der Waals surface area contributed by atoms with Crippen molar-refractivity contribution in [3.63, 3.8) is 0 Å². The highest BCUT2D eigenvalue weighted by molar-refractivity contribution is 6.36. The quantitative estimate of drug-likeness (QED) is 0.0842. The number of phenolic OH excluding ortho intramolecular Hbond substituents is 1. The van der Waals surface area contributed by atoms with E-state index in [1.807, 2.05) is 6.08 Å². The molecule has 4 aromatic rings. The molecule has 0 aromatic heterocycles. The number of nitro benzene ring substituents is 1. The van der Waals surface area contributed by atoms with Gasteiger partial charge in [-0.25, -0.2) is 0 Å². The van der Waals surface area contributed by atoms with Crippen LogP contribution in [0.15, 0.2) is 90.5 Å². The highest BCUT2D eigenvalue weighted by Gasteiger charge is 2.70. The van der Waals surface area contributed by atoms with E-state index in [1.54, 1.807) is 62.4 Å². The fourth-order valence-electron chi connectivity index (χ4n) is 9.35. The van der Waals surface area contributed by atoms with Crippen LogP contribution < -0.4 is 15.1 Å². The average molecular weight is 782 g/mol. The van der Waals surface area contributed by atoms with Crippen molar-refractivity contribution < 1.29 is 33.9 Å². The number of amides is 4. The molecule has 4 aromatic carbocycles. The van der Waals surface area contributed by atoms with Gasteiger partial charge in [-0.1, -0.05) is 59.1 Å². The number of nitrogens with one attached hydrogen (secondary N) is 1. The first kappa shape index (κ1) is 36.3. The number of carbonyl (C=O) groups excluding carboxylic acids is 4. The molecule has 12 nitrogen and oxygen atoms in total. The van der Waals surface area contributed by atoms with Crippen molar-refractivity contribution in [2.24, 2.45) is 23.7 Å². The summed E-state index contributed by atoms with van der Waals surface area (Å²) in [7, 11) is 1.53. The normalized spacial score (nSPS) is 25.7. The lowest BCUT2D eigenvalue weighted by atomic mass is 9.49. The number of non-ortho nitro benzene ring substituents is 1. The molecule has 55 heavy (non-hydrogen) atoms. The molecule has 2 aliphatic heterocycles. The van der Waals surface area contributed by atoms with E-state index in [4.69, 9.17) is 27.9 Å². The molecule has 280 valence electrons. The van der Waals surface area contributed by atoms with Crippen molar-refractivity contribution >= 4 is 63.9 Å². The largest absolute Gasteiger partial charge is 0.507 e. The predicted molar refractivity (Wildman–Crippen MR) is 204 cm³/mol. The Kier molecular flexibility index (Phi) is 8.73. The van der Waals surface area contributed by atoms with Gasteiger partial charge < -0.3 is 9.84 Å². The number of nitro groups is 1. The van der Waals surface area contributed by atoms with Crippen molar-refractivity contribution in [3.8, 4) is 11.5 Å². The molecule has 0 spiro atoms. The van der Waals surface area contributed by atoms with Crippen molar-refractivity contribution in [2.45, 2.75) is 38.0 Å². The molecule has 0 radical (unpaired) electrons. The zero-order chi connectivity index (χ0) is 39.1. The number of rotatable bonds is 7. The zero-order valence-corrected chi connectivity index (χ0v) is 31.3. The molecule has 2 aliphatic carbocycles. The lowest BCUT2D eigenvalue weighted by Crippen LogP contribution is -2.53. The number of imide groups is 2. The molecule has 2 N–H and O–H groups in total. The van der Waals surface area contributed by atoms with Crippen molar-refractivity contribution in [1.82, 2.24) is 5.01 Å². The second kappa shape index (κ2) is 13.2. The third-order valence-electron chi connectivity index (χ3n) is 11.7. The second-order valence-electron chi connectivity index (χ2n) is 14.5. The average Bonchev–Trinajstić information content (AvgIpc) is 3.55. The highest BCUT2D eigenvalue weighted by atomic mass is 35.5. The maximum Gasteiger partial charge on any atom is 0.269 e. The Labute approximate surface area is 325 Å². The molecule has 0 bridgehead atoms. The Morgan fingerprint density at radius 3 is 2.18 bits per heavy atom. The monoisotopic (exact) mass is 780 g/mol. The fraction of sp³-hybridized carbons (Fsp3) is 0.268. The smallest absolute Gasteiger partial charge is 0.269 e. The van der Waals surface area contributed by atoms with Gasteiger partial charge >= 0.3 is 0 Å². The standard InChI is InChI=1S/C41H34Cl2N4O8/c1-20-16-22(17-21(2)36(20)48)35-28-13-14-29-34(39(51)45(37(29)49)25-7-9-26(10-8-25)47(53)54)30(28)19-31-38(50)46(44-33-15-6-24(42)18-32(33)43)40(52)41(31,35)23-4-11-27(55-3)12-5-23/h4-13,15-18,29-31,34-35,44,48H,14,19H2,1-3H3. The molecular weight excluding hydrogens is 747 g/mol. The van der Waals surface area contributed by atoms with E-state index in [0.29, 0.717) is 33.0 Å². The van der Waals surface area contributed by atoms with Gasteiger partial charge in [0.1, 0.15) is 11.5 Å². The van der Waals surface area contributed by atoms with Crippen LogP contribution in [0.1, 0.15) is 41.0 Å². The number of methoxy groups -OCH3 is 1. The van der Waals surface area contributed by atoms with Crippen molar-refractivity contribution in [3.05, 3.63) is 133 Å². The minimum absolute atomic E-state index is 0.0514. The van der Waals surface area contributed by atoms with E-state index >= 15 is 4.79 Å². The maximum atomic E-state index is 15.4. The number of aryl methyl sites for hydroxylation is 2. The summed E-state index contributed by atoms with van der Waals surface area (Å²) < 4.78 is 5.47. The first-order chi connectivity index (χ1) is 26.3. The molecule has 4 amide bonds. The van der Waals surface area contributed by atoms with Gasteiger partial charge in [-0.3, -0.25) is 39.6 Å². The van der Waals surface area contributed by atoms with Crippen LogP contribution in [-0.4, -0.2) is 45.8 Å². The van der Waals surface area contributed by atoms with Gasteiger partial charge in [0.2, 0.25) is 11.8 Å². The number of aromatic hydroxyl groups is 1. The Morgan fingerprint density at radius 2 is 1.56 bits per heavy atom. The topological polar surface area (TPSA) is 159 Å². The summed E-state index contributed by atoms with van der Waals surface area (Å²) in [6.45, 7) is 3.52. The van der Waals surface area contributed by atoms with E-state index in [1.165, 1.54) is 37.4 Å². The summed E-state index contributed by atoms with van der Waals surface area (Å²) in [5.41, 5.74) is 4.76. The number of fused-ring (bicyclic) bond motifs is 4. The number of hydrazine groups is 1. The van der Waals surface area contributed by atoms with E-state index in [2.05, 4.69) is 5.43 Å². The number of ether oxygens (including phenoxy) is 1. The number of carbonyl (C=O) groups is 4. The zero-order valence-electron chi connectivity index (χ0n) is 29.8.